The molecule has 1 unspecified atom stereocenters. The van der Waals surface area contributed by atoms with Crippen LogP contribution in [0, 0.1) is 12.3 Å². The molecule has 0 N–H and O–H groups in total. The monoisotopic (exact) mass is 602 g/mol. The Balaban J connectivity index is 1.12. The molecule has 6 rings (SSSR count). The van der Waals surface area contributed by atoms with Crippen LogP contribution in [-0.4, -0.2) is 101 Å². The molecule has 44 heavy (non-hydrogen) atoms. The van der Waals surface area contributed by atoms with Crippen LogP contribution in [0.3, 0.4) is 0 Å². The van der Waals surface area contributed by atoms with Crippen molar-refractivity contribution < 1.29 is 23.9 Å². The maximum Gasteiger partial charge on any atom is 0.338 e. The molecule has 3 atom stereocenters. The number of carbonyl (C=O) groups is 3. The van der Waals surface area contributed by atoms with Gasteiger partial charge in [0.05, 0.1) is 25.4 Å². The average molecular weight is 603 g/mol. The molecule has 0 saturated carbocycles. The predicted octanol–water partition coefficient (Wildman–Crippen LogP) is 3.24. The molecule has 0 bridgehead atoms. The summed E-state index contributed by atoms with van der Waals surface area (Å²) in [5.74, 6) is -0.727. The summed E-state index contributed by atoms with van der Waals surface area (Å²) in [6, 6.07) is 12.8. The third kappa shape index (κ3) is 5.31. The molecule has 234 valence electrons. The van der Waals surface area contributed by atoms with E-state index in [2.05, 4.69) is 58.3 Å². The molecule has 3 aliphatic heterocycles. The second kappa shape index (κ2) is 11.2. The van der Waals surface area contributed by atoms with Crippen molar-refractivity contribution >= 4 is 29.1 Å². The topological polar surface area (TPSA) is 110 Å². The van der Waals surface area contributed by atoms with E-state index in [-0.39, 0.29) is 34.9 Å². The molecule has 3 fully saturated rings. The first-order valence-electron chi connectivity index (χ1n) is 15.4. The number of likely N-dealkylation sites (tertiary alicyclic amines) is 2. The number of methoxy groups -OCH3 is 2. The van der Waals surface area contributed by atoms with E-state index in [0.29, 0.717) is 31.8 Å². The number of fused-ring (bicyclic) bond motifs is 1. The molecule has 1 spiro atoms. The zero-order valence-corrected chi connectivity index (χ0v) is 26.3. The number of nitrogens with zero attached hydrogens (tertiary/aromatic N) is 6. The fourth-order valence-electron chi connectivity index (χ4n) is 7.23. The third-order valence-electron chi connectivity index (χ3n) is 10.2. The number of aryl methyl sites for hydroxylation is 1. The van der Waals surface area contributed by atoms with Crippen LogP contribution >= 0.6 is 0 Å². The number of benzene rings is 1. The standard InChI is InChI=1S/C33H42N6O5/c1-23-17-25(36-14-11-31(2,20-36)24-9-7-6-8-10-24)19-39-28(23)34-27(35-39)29(41)38-16-13-33(22-38)12-15-37(21-33)26(40)18-32(3,44-5)30(42)43-4/h6-10,17,19H,11-16,18,20-22H2,1-5H3/t31-,32?,33+/m0/s1. The minimum atomic E-state index is -1.33. The van der Waals surface area contributed by atoms with E-state index in [1.165, 1.54) is 19.8 Å². The highest BCUT2D eigenvalue weighted by Crippen LogP contribution is 2.41. The van der Waals surface area contributed by atoms with Crippen LogP contribution in [0.1, 0.15) is 61.3 Å². The van der Waals surface area contributed by atoms with Crippen molar-refractivity contribution in [3.8, 4) is 0 Å². The number of amides is 2. The summed E-state index contributed by atoms with van der Waals surface area (Å²) < 4.78 is 11.9. The quantitative estimate of drug-likeness (QED) is 0.380. The SMILES string of the molecule is COC(=O)C(C)(CC(=O)N1CC[C@@]2(CCN(C(=O)c3nc4c(C)cc(N5CC[C@](C)(c6ccccc6)C5)cn4n3)C2)C1)OC. The summed E-state index contributed by atoms with van der Waals surface area (Å²) >= 11 is 0. The maximum absolute atomic E-state index is 13.6. The van der Waals surface area contributed by atoms with E-state index in [1.54, 1.807) is 16.3 Å². The van der Waals surface area contributed by atoms with E-state index in [0.717, 1.165) is 43.6 Å². The van der Waals surface area contributed by atoms with Crippen LogP contribution in [0.4, 0.5) is 5.69 Å². The second-order valence-corrected chi connectivity index (χ2v) is 13.3. The normalized spacial score (nSPS) is 24.8. The number of hydrogen-bond acceptors (Lipinski definition) is 8. The molecule has 5 heterocycles. The lowest BCUT2D eigenvalue weighted by Crippen LogP contribution is -2.44. The molecule has 2 aromatic heterocycles. The Morgan fingerprint density at radius 2 is 1.68 bits per heavy atom. The van der Waals surface area contributed by atoms with Gasteiger partial charge in [-0.25, -0.2) is 14.3 Å². The number of aromatic nitrogens is 3. The van der Waals surface area contributed by atoms with Crippen LogP contribution < -0.4 is 4.90 Å². The number of carbonyl (C=O) groups excluding carboxylic acids is 3. The lowest BCUT2D eigenvalue weighted by molar-refractivity contribution is -0.168. The van der Waals surface area contributed by atoms with Gasteiger partial charge >= 0.3 is 5.97 Å². The van der Waals surface area contributed by atoms with Gasteiger partial charge in [0, 0.05) is 57.2 Å². The first-order valence-corrected chi connectivity index (χ1v) is 15.4. The zero-order chi connectivity index (χ0) is 31.3. The third-order valence-corrected chi connectivity index (χ3v) is 10.2. The zero-order valence-electron chi connectivity index (χ0n) is 26.3. The summed E-state index contributed by atoms with van der Waals surface area (Å²) in [4.78, 5) is 49.6. The van der Waals surface area contributed by atoms with Crippen LogP contribution in [-0.2, 0) is 24.5 Å². The lowest BCUT2D eigenvalue weighted by atomic mass is 9.82. The molecule has 1 aromatic carbocycles. The van der Waals surface area contributed by atoms with Crippen molar-refractivity contribution in [3.63, 3.8) is 0 Å². The summed E-state index contributed by atoms with van der Waals surface area (Å²) in [5.41, 5.74) is 2.64. The van der Waals surface area contributed by atoms with Gasteiger partial charge in [0.15, 0.2) is 11.2 Å². The van der Waals surface area contributed by atoms with E-state index in [4.69, 9.17) is 9.47 Å². The van der Waals surface area contributed by atoms with Gasteiger partial charge in [0.25, 0.3) is 5.91 Å². The number of ether oxygens (including phenoxy) is 2. The first kappa shape index (κ1) is 30.1. The van der Waals surface area contributed by atoms with Crippen LogP contribution in [0.15, 0.2) is 42.6 Å². The summed E-state index contributed by atoms with van der Waals surface area (Å²) in [6.45, 7) is 10.00. The fraction of sp³-hybridized carbons (Fsp3) is 0.545. The molecule has 0 radical (unpaired) electrons. The summed E-state index contributed by atoms with van der Waals surface area (Å²) in [7, 11) is 2.69. The van der Waals surface area contributed by atoms with Crippen molar-refractivity contribution in [3.05, 3.63) is 59.5 Å². The Labute approximate surface area is 258 Å². The first-order chi connectivity index (χ1) is 21.0. The van der Waals surface area contributed by atoms with Crippen molar-refractivity contribution in [1.29, 1.82) is 0 Å². The van der Waals surface area contributed by atoms with E-state index < -0.39 is 11.6 Å². The van der Waals surface area contributed by atoms with Gasteiger partial charge in [-0.3, -0.25) is 9.59 Å². The molecule has 11 nitrogen and oxygen atoms in total. The van der Waals surface area contributed by atoms with Gasteiger partial charge in [-0.05, 0) is 50.3 Å². The number of pyridine rings is 1. The van der Waals surface area contributed by atoms with Crippen molar-refractivity contribution in [2.45, 2.75) is 57.5 Å². The summed E-state index contributed by atoms with van der Waals surface area (Å²) in [6.07, 6.45) is 4.54. The molecular formula is C33H42N6O5. The van der Waals surface area contributed by atoms with Gasteiger partial charge in [0.2, 0.25) is 11.7 Å². The van der Waals surface area contributed by atoms with Crippen LogP contribution in [0.25, 0.3) is 5.65 Å². The highest BCUT2D eigenvalue weighted by molar-refractivity contribution is 5.91. The molecule has 11 heteroatoms. The maximum atomic E-state index is 13.6. The highest BCUT2D eigenvalue weighted by Gasteiger charge is 2.48. The Hall–Kier alpha value is -3.99. The highest BCUT2D eigenvalue weighted by atomic mass is 16.6. The molecule has 3 aromatic rings. The van der Waals surface area contributed by atoms with Gasteiger partial charge in [0.1, 0.15) is 0 Å². The number of rotatable bonds is 7. The van der Waals surface area contributed by atoms with Crippen molar-refractivity contribution in [2.75, 3.05) is 58.4 Å². The van der Waals surface area contributed by atoms with Gasteiger partial charge in [-0.15, -0.1) is 5.10 Å². The number of hydrogen-bond donors (Lipinski definition) is 0. The second-order valence-electron chi connectivity index (χ2n) is 13.3. The minimum absolute atomic E-state index is 0.0740. The van der Waals surface area contributed by atoms with Gasteiger partial charge < -0.3 is 24.2 Å². The van der Waals surface area contributed by atoms with Crippen molar-refractivity contribution in [1.82, 2.24) is 24.4 Å². The number of esters is 1. The van der Waals surface area contributed by atoms with Gasteiger partial charge in [-0.1, -0.05) is 37.3 Å². The fourth-order valence-corrected chi connectivity index (χ4v) is 7.23. The van der Waals surface area contributed by atoms with Crippen molar-refractivity contribution in [2.24, 2.45) is 5.41 Å². The molecule has 3 saturated heterocycles. The molecule has 2 amide bonds. The average Bonchev–Trinajstić information content (AvgIpc) is 3.83. The molecular weight excluding hydrogens is 560 g/mol. The Kier molecular flexibility index (Phi) is 7.63. The summed E-state index contributed by atoms with van der Waals surface area (Å²) in [5, 5.41) is 4.64. The van der Waals surface area contributed by atoms with E-state index >= 15 is 0 Å². The molecule has 0 aliphatic carbocycles. The predicted molar refractivity (Wildman–Crippen MR) is 165 cm³/mol. The largest absolute Gasteiger partial charge is 0.467 e. The Bertz CT molecular complexity index is 1590. The Morgan fingerprint density at radius 1 is 0.977 bits per heavy atom. The van der Waals surface area contributed by atoms with Crippen LogP contribution in [0.5, 0.6) is 0 Å². The Morgan fingerprint density at radius 3 is 2.39 bits per heavy atom. The van der Waals surface area contributed by atoms with E-state index in [1.807, 2.05) is 18.0 Å². The van der Waals surface area contributed by atoms with Crippen LogP contribution in [0.2, 0.25) is 0 Å². The number of anilines is 1. The van der Waals surface area contributed by atoms with Gasteiger partial charge in [-0.2, -0.15) is 0 Å². The lowest BCUT2D eigenvalue weighted by Gasteiger charge is -2.28. The minimum Gasteiger partial charge on any atom is -0.467 e. The smallest absolute Gasteiger partial charge is 0.338 e. The molecule has 3 aliphatic rings. The van der Waals surface area contributed by atoms with E-state index in [9.17, 15) is 14.4 Å².